The Kier molecular flexibility index (Phi) is 4.47. The van der Waals surface area contributed by atoms with Gasteiger partial charge >= 0.3 is 0 Å². The number of hydrogen-bond acceptors (Lipinski definition) is 2. The van der Waals surface area contributed by atoms with Crippen LogP contribution in [0, 0.1) is 5.82 Å². The summed E-state index contributed by atoms with van der Waals surface area (Å²) in [5, 5.41) is 6.05. The number of carbonyl (C=O) groups excluding carboxylic acids is 1. The van der Waals surface area contributed by atoms with Crippen LogP contribution in [0.2, 0.25) is 10.0 Å². The molecule has 104 valence electrons. The molecule has 0 atom stereocenters. The molecule has 0 heterocycles. The minimum absolute atomic E-state index is 0.0569. The number of anilines is 2. The second-order valence-corrected chi connectivity index (χ2v) is 4.89. The van der Waals surface area contributed by atoms with Gasteiger partial charge in [0.15, 0.2) is 0 Å². The summed E-state index contributed by atoms with van der Waals surface area (Å²) < 4.78 is 13.6. The van der Waals surface area contributed by atoms with E-state index in [1.165, 1.54) is 18.2 Å². The Bertz CT molecular complexity index is 662. The highest BCUT2D eigenvalue weighted by atomic mass is 35.5. The van der Waals surface area contributed by atoms with Gasteiger partial charge in [-0.15, -0.1) is 0 Å². The van der Waals surface area contributed by atoms with Crippen LogP contribution >= 0.6 is 23.2 Å². The van der Waals surface area contributed by atoms with Crippen LogP contribution in [0.5, 0.6) is 0 Å². The molecule has 0 fully saturated rings. The quantitative estimate of drug-likeness (QED) is 0.880. The molecular formula is C14H11Cl2FN2O. The minimum Gasteiger partial charge on any atom is -0.387 e. The Hall–Kier alpha value is -1.78. The minimum atomic E-state index is -0.598. The smallest absolute Gasteiger partial charge is 0.257 e. The maximum Gasteiger partial charge on any atom is 0.257 e. The van der Waals surface area contributed by atoms with E-state index in [2.05, 4.69) is 10.6 Å². The fraction of sp³-hybridized carbons (Fsp3) is 0.0714. The second kappa shape index (κ2) is 6.11. The highest BCUT2D eigenvalue weighted by molar-refractivity contribution is 6.31. The van der Waals surface area contributed by atoms with Gasteiger partial charge in [-0.2, -0.15) is 0 Å². The summed E-state index contributed by atoms with van der Waals surface area (Å²) in [5.41, 5.74) is 0.983. The summed E-state index contributed by atoms with van der Waals surface area (Å²) in [4.78, 5) is 12.2. The van der Waals surface area contributed by atoms with Crippen LogP contribution in [-0.2, 0) is 0 Å². The van der Waals surface area contributed by atoms with Gasteiger partial charge in [-0.05, 0) is 36.4 Å². The fourth-order valence-electron chi connectivity index (χ4n) is 1.70. The number of nitrogens with one attached hydrogen (secondary N) is 2. The summed E-state index contributed by atoms with van der Waals surface area (Å²) in [7, 11) is 1.68. The van der Waals surface area contributed by atoms with E-state index in [0.717, 1.165) is 6.07 Å². The lowest BCUT2D eigenvalue weighted by molar-refractivity contribution is 0.102. The molecule has 0 spiro atoms. The molecule has 2 N–H and O–H groups in total. The maximum absolute atomic E-state index is 13.6. The highest BCUT2D eigenvalue weighted by Crippen LogP contribution is 2.23. The van der Waals surface area contributed by atoms with Crippen LogP contribution in [0.15, 0.2) is 36.4 Å². The summed E-state index contributed by atoms with van der Waals surface area (Å²) in [6.07, 6.45) is 0. The zero-order valence-electron chi connectivity index (χ0n) is 10.5. The van der Waals surface area contributed by atoms with Gasteiger partial charge in [-0.1, -0.05) is 23.2 Å². The topological polar surface area (TPSA) is 41.1 Å². The first-order chi connectivity index (χ1) is 9.51. The molecule has 2 aromatic rings. The normalized spacial score (nSPS) is 10.2. The lowest BCUT2D eigenvalue weighted by Gasteiger charge is -2.11. The van der Waals surface area contributed by atoms with E-state index in [1.54, 1.807) is 19.2 Å². The van der Waals surface area contributed by atoms with Gasteiger partial charge in [0, 0.05) is 22.8 Å². The fourth-order valence-corrected chi connectivity index (χ4v) is 2.03. The molecule has 2 aromatic carbocycles. The molecule has 0 saturated carbocycles. The summed E-state index contributed by atoms with van der Waals surface area (Å²) in [6, 6.07) is 8.88. The first-order valence-electron chi connectivity index (χ1n) is 5.75. The largest absolute Gasteiger partial charge is 0.387 e. The molecule has 3 nitrogen and oxygen atoms in total. The molecule has 20 heavy (non-hydrogen) atoms. The van der Waals surface area contributed by atoms with Gasteiger partial charge in [0.25, 0.3) is 5.91 Å². The molecule has 0 aromatic heterocycles. The van der Waals surface area contributed by atoms with Gasteiger partial charge in [-0.25, -0.2) is 4.39 Å². The average molecular weight is 313 g/mol. The second-order valence-electron chi connectivity index (χ2n) is 4.02. The third-order valence-electron chi connectivity index (χ3n) is 2.67. The van der Waals surface area contributed by atoms with Crippen molar-refractivity contribution >= 4 is 40.5 Å². The highest BCUT2D eigenvalue weighted by Gasteiger charge is 2.13. The first kappa shape index (κ1) is 14.6. The van der Waals surface area contributed by atoms with E-state index in [0.29, 0.717) is 16.3 Å². The molecule has 2 rings (SSSR count). The third kappa shape index (κ3) is 3.21. The standard InChI is InChI=1S/C14H11Cl2FN2O/c1-18-12-4-2-8(15)6-10(12)14(20)19-13-5-3-9(16)7-11(13)17/h2-7,18H,1H3,(H,19,20). The number of hydrogen-bond donors (Lipinski definition) is 2. The van der Waals surface area contributed by atoms with Crippen LogP contribution in [0.4, 0.5) is 15.8 Å². The molecule has 1 amide bonds. The van der Waals surface area contributed by atoms with E-state index in [1.807, 2.05) is 0 Å². The van der Waals surface area contributed by atoms with Crippen LogP contribution in [-0.4, -0.2) is 13.0 Å². The Labute approximate surface area is 125 Å². The van der Waals surface area contributed by atoms with Gasteiger partial charge < -0.3 is 10.6 Å². The van der Waals surface area contributed by atoms with Crippen molar-refractivity contribution in [2.45, 2.75) is 0 Å². The van der Waals surface area contributed by atoms with Crippen molar-refractivity contribution in [3.63, 3.8) is 0 Å². The van der Waals surface area contributed by atoms with Crippen molar-refractivity contribution in [1.82, 2.24) is 0 Å². The maximum atomic E-state index is 13.6. The Morgan fingerprint density at radius 2 is 1.65 bits per heavy atom. The van der Waals surface area contributed by atoms with Crippen LogP contribution in [0.25, 0.3) is 0 Å². The lowest BCUT2D eigenvalue weighted by atomic mass is 10.1. The molecule has 0 aliphatic heterocycles. The Morgan fingerprint density at radius 3 is 2.25 bits per heavy atom. The van der Waals surface area contributed by atoms with E-state index in [4.69, 9.17) is 23.2 Å². The summed E-state index contributed by atoms with van der Waals surface area (Å²) in [6.45, 7) is 0. The number of rotatable bonds is 3. The number of amides is 1. The summed E-state index contributed by atoms with van der Waals surface area (Å²) in [5.74, 6) is -1.06. The zero-order valence-corrected chi connectivity index (χ0v) is 12.0. The molecule has 0 aliphatic carbocycles. The molecule has 0 bridgehead atoms. The third-order valence-corrected chi connectivity index (χ3v) is 3.15. The Balaban J connectivity index is 2.30. The molecule has 0 radical (unpaired) electrons. The van der Waals surface area contributed by atoms with Crippen molar-refractivity contribution < 1.29 is 9.18 Å². The van der Waals surface area contributed by atoms with E-state index >= 15 is 0 Å². The van der Waals surface area contributed by atoms with Crippen LogP contribution in [0.3, 0.4) is 0 Å². The SMILES string of the molecule is CNc1ccc(Cl)cc1C(=O)Nc1ccc(Cl)cc1F. The van der Waals surface area contributed by atoms with Crippen molar-refractivity contribution in [2.75, 3.05) is 17.7 Å². The van der Waals surface area contributed by atoms with Gasteiger partial charge in [0.05, 0.1) is 11.3 Å². The predicted octanol–water partition coefficient (Wildman–Crippen LogP) is 4.43. The van der Waals surface area contributed by atoms with E-state index < -0.39 is 11.7 Å². The van der Waals surface area contributed by atoms with Crippen LogP contribution in [0.1, 0.15) is 10.4 Å². The monoisotopic (exact) mass is 312 g/mol. The lowest BCUT2D eigenvalue weighted by Crippen LogP contribution is -2.15. The average Bonchev–Trinajstić information content (AvgIpc) is 2.41. The molecule has 0 unspecified atom stereocenters. The predicted molar refractivity (Wildman–Crippen MR) is 80.4 cm³/mol. The van der Waals surface area contributed by atoms with Gasteiger partial charge in [0.2, 0.25) is 0 Å². The van der Waals surface area contributed by atoms with E-state index in [-0.39, 0.29) is 10.7 Å². The number of benzene rings is 2. The van der Waals surface area contributed by atoms with E-state index in [9.17, 15) is 9.18 Å². The summed E-state index contributed by atoms with van der Waals surface area (Å²) >= 11 is 11.5. The Morgan fingerprint density at radius 1 is 1.05 bits per heavy atom. The van der Waals surface area contributed by atoms with Gasteiger partial charge in [-0.3, -0.25) is 4.79 Å². The number of halogens is 3. The first-order valence-corrected chi connectivity index (χ1v) is 6.50. The molecule has 0 aliphatic rings. The molecule has 6 heteroatoms. The molecule has 0 saturated heterocycles. The van der Waals surface area contributed by atoms with Crippen molar-refractivity contribution in [3.8, 4) is 0 Å². The molecular weight excluding hydrogens is 302 g/mol. The van der Waals surface area contributed by atoms with Crippen LogP contribution < -0.4 is 10.6 Å². The zero-order chi connectivity index (χ0) is 14.7. The number of carbonyl (C=O) groups is 1. The van der Waals surface area contributed by atoms with Crippen molar-refractivity contribution in [1.29, 1.82) is 0 Å². The van der Waals surface area contributed by atoms with Gasteiger partial charge in [0.1, 0.15) is 5.82 Å². The van der Waals surface area contributed by atoms with Crippen molar-refractivity contribution in [3.05, 3.63) is 57.8 Å². The van der Waals surface area contributed by atoms with Crippen molar-refractivity contribution in [2.24, 2.45) is 0 Å².